The van der Waals surface area contributed by atoms with Crippen LogP contribution in [0.4, 0.5) is 10.2 Å². The van der Waals surface area contributed by atoms with E-state index in [1.54, 1.807) is 31.1 Å². The summed E-state index contributed by atoms with van der Waals surface area (Å²) in [7, 11) is 3.57. The van der Waals surface area contributed by atoms with E-state index < -0.39 is 0 Å². The zero-order valence-electron chi connectivity index (χ0n) is 13.6. The molecule has 0 amide bonds. The van der Waals surface area contributed by atoms with E-state index in [2.05, 4.69) is 4.98 Å². The van der Waals surface area contributed by atoms with Crippen LogP contribution in [0.5, 0.6) is 0 Å². The molecule has 0 saturated carbocycles. The fraction of sp³-hybridized carbons (Fsp3) is 0.278. The van der Waals surface area contributed by atoms with Crippen molar-refractivity contribution in [3.8, 4) is 11.1 Å². The lowest BCUT2D eigenvalue weighted by atomic mass is 9.91. The van der Waals surface area contributed by atoms with E-state index in [1.165, 1.54) is 12.1 Å². The van der Waals surface area contributed by atoms with Gasteiger partial charge in [-0.3, -0.25) is 9.59 Å². The molecule has 1 aromatic carbocycles. The summed E-state index contributed by atoms with van der Waals surface area (Å²) in [5.41, 5.74) is 2.43. The monoisotopic (exact) mass is 314 g/mol. The van der Waals surface area contributed by atoms with E-state index in [9.17, 15) is 14.0 Å². The number of hydrogen-bond donors (Lipinski definition) is 0. The van der Waals surface area contributed by atoms with Crippen LogP contribution in [0.15, 0.2) is 24.3 Å². The van der Waals surface area contributed by atoms with Crippen LogP contribution in [0, 0.1) is 5.82 Å². The average Bonchev–Trinajstić information content (AvgIpc) is 2.53. The molecule has 23 heavy (non-hydrogen) atoms. The van der Waals surface area contributed by atoms with Crippen molar-refractivity contribution in [3.05, 3.63) is 46.9 Å². The minimum atomic E-state index is -0.375. The fourth-order valence-corrected chi connectivity index (χ4v) is 2.56. The van der Waals surface area contributed by atoms with Gasteiger partial charge in [-0.05, 0) is 23.6 Å². The van der Waals surface area contributed by atoms with Crippen molar-refractivity contribution >= 4 is 18.4 Å². The van der Waals surface area contributed by atoms with Crippen LogP contribution in [0.3, 0.4) is 0 Å². The molecule has 0 spiro atoms. The Labute approximate surface area is 135 Å². The lowest BCUT2D eigenvalue weighted by molar-refractivity contribution is 0.112. The average molecular weight is 314 g/mol. The predicted octanol–water partition coefficient (Wildman–Crippen LogP) is 3.70. The molecular formula is C18H19FN2O2. The van der Waals surface area contributed by atoms with Gasteiger partial charge >= 0.3 is 0 Å². The molecule has 0 bridgehead atoms. The Morgan fingerprint density at radius 1 is 1.04 bits per heavy atom. The summed E-state index contributed by atoms with van der Waals surface area (Å²) in [6.07, 6.45) is 1.41. The molecule has 0 aliphatic heterocycles. The van der Waals surface area contributed by atoms with Gasteiger partial charge in [0, 0.05) is 25.2 Å². The minimum absolute atomic E-state index is 0.00815. The van der Waals surface area contributed by atoms with Crippen LogP contribution in [0.2, 0.25) is 0 Å². The van der Waals surface area contributed by atoms with Gasteiger partial charge in [0.2, 0.25) is 0 Å². The largest absolute Gasteiger partial charge is 0.362 e. The van der Waals surface area contributed by atoms with Gasteiger partial charge in [0.15, 0.2) is 12.6 Å². The second kappa shape index (κ2) is 6.69. The fourth-order valence-electron chi connectivity index (χ4n) is 2.56. The van der Waals surface area contributed by atoms with Crippen molar-refractivity contribution in [2.24, 2.45) is 0 Å². The first kappa shape index (κ1) is 16.8. The zero-order valence-corrected chi connectivity index (χ0v) is 13.6. The lowest BCUT2D eigenvalue weighted by Gasteiger charge is -2.22. The van der Waals surface area contributed by atoms with Gasteiger partial charge in [-0.15, -0.1) is 0 Å². The molecule has 0 aliphatic carbocycles. The number of carbonyl (C=O) groups excluding carboxylic acids is 2. The van der Waals surface area contributed by atoms with E-state index in [4.69, 9.17) is 0 Å². The Morgan fingerprint density at radius 2 is 1.61 bits per heavy atom. The molecular weight excluding hydrogens is 295 g/mol. The van der Waals surface area contributed by atoms with Crippen molar-refractivity contribution in [2.75, 3.05) is 19.0 Å². The van der Waals surface area contributed by atoms with Gasteiger partial charge in [0.1, 0.15) is 11.6 Å². The number of rotatable bonds is 5. The number of hydrogen-bond acceptors (Lipinski definition) is 4. The summed E-state index contributed by atoms with van der Waals surface area (Å²) in [6, 6.07) is 5.75. The number of pyridine rings is 1. The number of halogens is 1. The Kier molecular flexibility index (Phi) is 4.89. The molecule has 1 aromatic heterocycles. The maximum absolute atomic E-state index is 13.2. The molecule has 0 saturated heterocycles. The van der Waals surface area contributed by atoms with Crippen molar-refractivity contribution in [3.63, 3.8) is 0 Å². The second-order valence-electron chi connectivity index (χ2n) is 5.81. The van der Waals surface area contributed by atoms with E-state index in [0.29, 0.717) is 46.3 Å². The molecule has 1 heterocycles. The molecule has 2 rings (SSSR count). The van der Waals surface area contributed by atoms with E-state index in [0.717, 1.165) is 0 Å². The number of anilines is 1. The summed E-state index contributed by atoms with van der Waals surface area (Å²) >= 11 is 0. The van der Waals surface area contributed by atoms with Crippen LogP contribution in [-0.2, 0) is 0 Å². The molecule has 0 radical (unpaired) electrons. The maximum atomic E-state index is 13.2. The SMILES string of the molecule is CC(C)c1nc(N(C)C)c(C=O)c(-c2ccc(F)cc2)c1C=O. The van der Waals surface area contributed by atoms with Crippen LogP contribution in [0.1, 0.15) is 46.2 Å². The van der Waals surface area contributed by atoms with E-state index in [1.807, 2.05) is 13.8 Å². The smallest absolute Gasteiger partial charge is 0.154 e. The predicted molar refractivity (Wildman–Crippen MR) is 88.8 cm³/mol. The van der Waals surface area contributed by atoms with Gasteiger partial charge in [0.25, 0.3) is 0 Å². The molecule has 120 valence electrons. The highest BCUT2D eigenvalue weighted by Crippen LogP contribution is 2.35. The van der Waals surface area contributed by atoms with Crippen molar-refractivity contribution < 1.29 is 14.0 Å². The summed E-state index contributed by atoms with van der Waals surface area (Å²) < 4.78 is 13.2. The summed E-state index contributed by atoms with van der Waals surface area (Å²) in [5.74, 6) is 0.127. The Bertz CT molecular complexity index is 699. The third kappa shape index (κ3) is 3.13. The molecule has 2 aromatic rings. The van der Waals surface area contributed by atoms with Gasteiger partial charge in [-0.2, -0.15) is 0 Å². The summed E-state index contributed by atoms with van der Waals surface area (Å²) in [4.78, 5) is 29.6. The topological polar surface area (TPSA) is 50.3 Å². The number of benzene rings is 1. The highest BCUT2D eigenvalue weighted by atomic mass is 19.1. The van der Waals surface area contributed by atoms with Gasteiger partial charge < -0.3 is 4.90 Å². The number of nitrogens with zero attached hydrogens (tertiary/aromatic N) is 2. The van der Waals surface area contributed by atoms with Gasteiger partial charge in [-0.25, -0.2) is 9.37 Å². The van der Waals surface area contributed by atoms with Crippen molar-refractivity contribution in [2.45, 2.75) is 19.8 Å². The first-order valence-electron chi connectivity index (χ1n) is 7.32. The van der Waals surface area contributed by atoms with Crippen LogP contribution in [-0.4, -0.2) is 31.7 Å². The first-order valence-corrected chi connectivity index (χ1v) is 7.32. The van der Waals surface area contributed by atoms with Crippen molar-refractivity contribution in [1.82, 2.24) is 4.98 Å². The third-order valence-electron chi connectivity index (χ3n) is 3.62. The molecule has 0 atom stereocenters. The minimum Gasteiger partial charge on any atom is -0.362 e. The number of carbonyl (C=O) groups is 2. The molecule has 4 nitrogen and oxygen atoms in total. The highest BCUT2D eigenvalue weighted by Gasteiger charge is 2.22. The van der Waals surface area contributed by atoms with E-state index in [-0.39, 0.29) is 11.7 Å². The van der Waals surface area contributed by atoms with Crippen LogP contribution >= 0.6 is 0 Å². The van der Waals surface area contributed by atoms with Gasteiger partial charge in [0.05, 0.1) is 11.3 Å². The lowest BCUT2D eigenvalue weighted by Crippen LogP contribution is -2.17. The van der Waals surface area contributed by atoms with E-state index >= 15 is 0 Å². The highest BCUT2D eigenvalue weighted by molar-refractivity contribution is 6.01. The zero-order chi connectivity index (χ0) is 17.1. The molecule has 0 N–H and O–H groups in total. The second-order valence-corrected chi connectivity index (χ2v) is 5.81. The summed E-state index contributed by atoms with van der Waals surface area (Å²) in [6.45, 7) is 3.87. The Morgan fingerprint density at radius 3 is 2.04 bits per heavy atom. The van der Waals surface area contributed by atoms with Gasteiger partial charge in [-0.1, -0.05) is 26.0 Å². The number of aldehydes is 2. The normalized spacial score (nSPS) is 10.7. The maximum Gasteiger partial charge on any atom is 0.154 e. The molecule has 0 aliphatic rings. The van der Waals surface area contributed by atoms with Crippen LogP contribution < -0.4 is 4.90 Å². The molecule has 0 unspecified atom stereocenters. The summed E-state index contributed by atoms with van der Waals surface area (Å²) in [5, 5.41) is 0. The molecule has 5 heteroatoms. The van der Waals surface area contributed by atoms with Crippen LogP contribution in [0.25, 0.3) is 11.1 Å². The number of aromatic nitrogens is 1. The third-order valence-corrected chi connectivity index (χ3v) is 3.62. The Balaban J connectivity index is 2.92. The first-order chi connectivity index (χ1) is 10.9. The standard InChI is InChI=1S/C18H19FN2O2/c1-11(2)17-14(9-22)16(12-5-7-13(19)8-6-12)15(10-23)18(20-17)21(3)4/h5-11H,1-4H3. The quantitative estimate of drug-likeness (QED) is 0.790. The van der Waals surface area contributed by atoms with Crippen molar-refractivity contribution in [1.29, 1.82) is 0 Å². The Hall–Kier alpha value is -2.56. The molecule has 0 fully saturated rings.